The molecule has 1 aliphatic heterocycles. The van der Waals surface area contributed by atoms with E-state index in [0.717, 1.165) is 5.56 Å². The Hall–Kier alpha value is -1.88. The lowest BCUT2D eigenvalue weighted by molar-refractivity contribution is -0.135. The molecule has 5 heteroatoms. The number of carbonyl (C=O) groups excluding carboxylic acids is 2. The highest BCUT2D eigenvalue weighted by Gasteiger charge is 2.37. The Bertz CT molecular complexity index is 504. The van der Waals surface area contributed by atoms with Crippen LogP contribution in [-0.4, -0.2) is 53.5 Å². The van der Waals surface area contributed by atoms with Crippen LogP contribution in [0.25, 0.3) is 0 Å². The molecule has 1 N–H and O–H groups in total. The Morgan fingerprint density at radius 2 is 2.10 bits per heavy atom. The summed E-state index contributed by atoms with van der Waals surface area (Å²) in [7, 11) is 1.66. The number of hydrogen-bond donors (Lipinski definition) is 1. The van der Waals surface area contributed by atoms with Crippen molar-refractivity contribution in [3.8, 4) is 0 Å². The molecule has 1 aliphatic rings. The van der Waals surface area contributed by atoms with E-state index in [9.17, 15) is 9.59 Å². The minimum absolute atomic E-state index is 0.0158. The molecule has 2 rings (SSSR count). The topological polar surface area (TPSA) is 60.9 Å². The molecular formula is C16H22N2O3. The van der Waals surface area contributed by atoms with Gasteiger partial charge in [0.15, 0.2) is 0 Å². The number of benzene rings is 1. The quantitative estimate of drug-likeness (QED) is 0.881. The number of hydrogen-bond acceptors (Lipinski definition) is 3. The number of rotatable bonds is 5. The van der Waals surface area contributed by atoms with Crippen molar-refractivity contribution in [2.24, 2.45) is 5.92 Å². The lowest BCUT2D eigenvalue weighted by Gasteiger charge is -2.26. The smallest absolute Gasteiger partial charge is 0.227 e. The molecule has 0 radical (unpaired) electrons. The number of amides is 2. The highest BCUT2D eigenvalue weighted by molar-refractivity contribution is 5.89. The van der Waals surface area contributed by atoms with E-state index >= 15 is 0 Å². The van der Waals surface area contributed by atoms with Gasteiger partial charge in [0.2, 0.25) is 11.8 Å². The molecule has 2 unspecified atom stereocenters. The van der Waals surface area contributed by atoms with E-state index in [-0.39, 0.29) is 36.8 Å². The van der Waals surface area contributed by atoms with Gasteiger partial charge in [-0.3, -0.25) is 9.59 Å². The predicted octanol–water partition coefficient (Wildman–Crippen LogP) is 1.05. The van der Waals surface area contributed by atoms with Crippen LogP contribution in [0.4, 0.5) is 0 Å². The molecular weight excluding hydrogens is 268 g/mol. The van der Waals surface area contributed by atoms with Crippen LogP contribution in [0.3, 0.4) is 0 Å². The van der Waals surface area contributed by atoms with Gasteiger partial charge >= 0.3 is 0 Å². The molecule has 2 atom stereocenters. The minimum Gasteiger partial charge on any atom is -0.395 e. The van der Waals surface area contributed by atoms with Crippen LogP contribution >= 0.6 is 0 Å². The van der Waals surface area contributed by atoms with Gasteiger partial charge in [-0.2, -0.15) is 0 Å². The summed E-state index contributed by atoms with van der Waals surface area (Å²) in [5.74, 6) is -0.359. The maximum absolute atomic E-state index is 12.2. The third kappa shape index (κ3) is 3.42. The summed E-state index contributed by atoms with van der Waals surface area (Å²) < 4.78 is 0. The first-order chi connectivity index (χ1) is 10.0. The molecule has 21 heavy (non-hydrogen) atoms. The number of likely N-dealkylation sites (tertiary alicyclic amines) is 1. The fourth-order valence-electron chi connectivity index (χ4n) is 2.75. The molecule has 1 fully saturated rings. The van der Waals surface area contributed by atoms with Crippen molar-refractivity contribution in [2.75, 3.05) is 26.7 Å². The first-order valence-electron chi connectivity index (χ1n) is 7.24. The largest absolute Gasteiger partial charge is 0.395 e. The van der Waals surface area contributed by atoms with Crippen molar-refractivity contribution < 1.29 is 14.7 Å². The lowest BCUT2D eigenvalue weighted by atomic mass is 10.1. The maximum Gasteiger partial charge on any atom is 0.227 e. The average molecular weight is 290 g/mol. The predicted molar refractivity (Wildman–Crippen MR) is 79.4 cm³/mol. The van der Waals surface area contributed by atoms with Crippen LogP contribution < -0.4 is 0 Å². The second-order valence-corrected chi connectivity index (χ2v) is 5.52. The molecule has 1 aromatic rings. The van der Waals surface area contributed by atoms with E-state index in [2.05, 4.69) is 0 Å². The Balaban J connectivity index is 2.04. The standard InChI is InChI=1S/C16H22N2O3/c1-12(13-6-4-3-5-7-13)18-11-14(10-15(18)20)16(21)17(2)8-9-19/h3-7,12,14,19H,8-11H2,1-2H3. The molecule has 114 valence electrons. The number of carbonyl (C=O) groups is 2. The van der Waals surface area contributed by atoms with Crippen LogP contribution in [0.15, 0.2) is 30.3 Å². The zero-order valence-corrected chi connectivity index (χ0v) is 12.5. The SMILES string of the molecule is CC(c1ccccc1)N1CC(C(=O)N(C)CCO)CC1=O. The maximum atomic E-state index is 12.2. The molecule has 0 spiro atoms. The van der Waals surface area contributed by atoms with Gasteiger partial charge < -0.3 is 14.9 Å². The Morgan fingerprint density at radius 1 is 1.43 bits per heavy atom. The normalized spacial score (nSPS) is 19.7. The fourth-order valence-corrected chi connectivity index (χ4v) is 2.75. The summed E-state index contributed by atoms with van der Waals surface area (Å²) in [5.41, 5.74) is 1.07. The summed E-state index contributed by atoms with van der Waals surface area (Å²) in [5, 5.41) is 8.90. The highest BCUT2D eigenvalue weighted by Crippen LogP contribution is 2.29. The number of aliphatic hydroxyl groups excluding tert-OH is 1. The Morgan fingerprint density at radius 3 is 2.71 bits per heavy atom. The zero-order chi connectivity index (χ0) is 15.4. The van der Waals surface area contributed by atoms with E-state index < -0.39 is 0 Å². The van der Waals surface area contributed by atoms with Crippen LogP contribution in [-0.2, 0) is 9.59 Å². The van der Waals surface area contributed by atoms with Crippen molar-refractivity contribution in [3.63, 3.8) is 0 Å². The van der Waals surface area contributed by atoms with Crippen molar-refractivity contribution >= 4 is 11.8 Å². The average Bonchev–Trinajstić information content (AvgIpc) is 2.88. The molecule has 0 saturated carbocycles. The van der Waals surface area contributed by atoms with Gasteiger partial charge in [-0.25, -0.2) is 0 Å². The van der Waals surface area contributed by atoms with Crippen molar-refractivity contribution in [1.29, 1.82) is 0 Å². The summed E-state index contributed by atoms with van der Waals surface area (Å²) in [6, 6.07) is 9.79. The first kappa shape index (κ1) is 15.5. The van der Waals surface area contributed by atoms with Crippen LogP contribution in [0, 0.1) is 5.92 Å². The van der Waals surface area contributed by atoms with E-state index in [1.807, 2.05) is 37.3 Å². The zero-order valence-electron chi connectivity index (χ0n) is 12.5. The molecule has 0 aromatic heterocycles. The third-order valence-corrected chi connectivity index (χ3v) is 4.07. The van der Waals surface area contributed by atoms with Crippen molar-refractivity contribution in [1.82, 2.24) is 9.80 Å². The summed E-state index contributed by atoms with van der Waals surface area (Å²) in [6.07, 6.45) is 0.256. The van der Waals surface area contributed by atoms with Gasteiger partial charge in [-0.15, -0.1) is 0 Å². The van der Waals surface area contributed by atoms with Crippen LogP contribution in [0.1, 0.15) is 24.9 Å². The number of nitrogens with zero attached hydrogens (tertiary/aromatic N) is 2. The second-order valence-electron chi connectivity index (χ2n) is 5.52. The number of likely N-dealkylation sites (N-methyl/N-ethyl adjacent to an activating group) is 1. The molecule has 5 nitrogen and oxygen atoms in total. The number of aliphatic hydroxyl groups is 1. The molecule has 1 heterocycles. The van der Waals surface area contributed by atoms with Gasteiger partial charge in [0.05, 0.1) is 18.6 Å². The molecule has 2 amide bonds. The summed E-state index contributed by atoms with van der Waals surface area (Å²) in [6.45, 7) is 2.67. The summed E-state index contributed by atoms with van der Waals surface area (Å²) in [4.78, 5) is 27.7. The van der Waals surface area contributed by atoms with E-state index in [0.29, 0.717) is 13.1 Å². The van der Waals surface area contributed by atoms with Crippen LogP contribution in [0.2, 0.25) is 0 Å². The molecule has 0 aliphatic carbocycles. The minimum atomic E-state index is -0.305. The van der Waals surface area contributed by atoms with Crippen molar-refractivity contribution in [2.45, 2.75) is 19.4 Å². The van der Waals surface area contributed by atoms with E-state index in [1.54, 1.807) is 11.9 Å². The van der Waals surface area contributed by atoms with Crippen molar-refractivity contribution in [3.05, 3.63) is 35.9 Å². The molecule has 1 aromatic carbocycles. The fraction of sp³-hybridized carbons (Fsp3) is 0.500. The summed E-state index contributed by atoms with van der Waals surface area (Å²) >= 11 is 0. The lowest BCUT2D eigenvalue weighted by Crippen LogP contribution is -2.36. The Kier molecular flexibility index (Phi) is 4.96. The van der Waals surface area contributed by atoms with Gasteiger partial charge in [0.25, 0.3) is 0 Å². The van der Waals surface area contributed by atoms with Gasteiger partial charge in [-0.1, -0.05) is 30.3 Å². The highest BCUT2D eigenvalue weighted by atomic mass is 16.3. The molecule has 1 saturated heterocycles. The van der Waals surface area contributed by atoms with Gasteiger partial charge in [0, 0.05) is 26.6 Å². The van der Waals surface area contributed by atoms with Gasteiger partial charge in [0.1, 0.15) is 0 Å². The third-order valence-electron chi connectivity index (χ3n) is 4.07. The van der Waals surface area contributed by atoms with Crippen LogP contribution in [0.5, 0.6) is 0 Å². The van der Waals surface area contributed by atoms with Gasteiger partial charge in [-0.05, 0) is 12.5 Å². The second kappa shape index (κ2) is 6.72. The first-order valence-corrected chi connectivity index (χ1v) is 7.24. The van der Waals surface area contributed by atoms with E-state index in [1.165, 1.54) is 4.90 Å². The Labute approximate surface area is 125 Å². The monoisotopic (exact) mass is 290 g/mol. The molecule has 0 bridgehead atoms. The van der Waals surface area contributed by atoms with E-state index in [4.69, 9.17) is 5.11 Å².